The van der Waals surface area contributed by atoms with Crippen molar-refractivity contribution < 1.29 is 4.74 Å². The van der Waals surface area contributed by atoms with Gasteiger partial charge in [-0.05, 0) is 63.6 Å². The summed E-state index contributed by atoms with van der Waals surface area (Å²) in [5.41, 5.74) is 1.36. The van der Waals surface area contributed by atoms with Crippen molar-refractivity contribution in [1.29, 1.82) is 0 Å². The van der Waals surface area contributed by atoms with Gasteiger partial charge in [0.1, 0.15) is 5.75 Å². The zero-order valence-electron chi connectivity index (χ0n) is 12.5. The van der Waals surface area contributed by atoms with Gasteiger partial charge in [0, 0.05) is 0 Å². The molecule has 0 aliphatic heterocycles. The van der Waals surface area contributed by atoms with Crippen LogP contribution in [0, 0.1) is 5.92 Å². The second-order valence-electron chi connectivity index (χ2n) is 4.86. The maximum Gasteiger partial charge on any atom is 0.119 e. The molecular weight excluding hydrogens is 236 g/mol. The number of hydrogen-bond donors (Lipinski definition) is 2. The first-order valence-electron chi connectivity index (χ1n) is 7.37. The van der Waals surface area contributed by atoms with Crippen molar-refractivity contribution in [2.45, 2.75) is 26.7 Å². The normalized spacial score (nSPS) is 12.4. The second-order valence-corrected chi connectivity index (χ2v) is 4.86. The topological polar surface area (TPSA) is 33.3 Å². The summed E-state index contributed by atoms with van der Waals surface area (Å²) < 4.78 is 5.44. The van der Waals surface area contributed by atoms with Crippen molar-refractivity contribution in [3.8, 4) is 5.75 Å². The van der Waals surface area contributed by atoms with Crippen molar-refractivity contribution in [3.05, 3.63) is 29.8 Å². The molecule has 0 aromatic heterocycles. The summed E-state index contributed by atoms with van der Waals surface area (Å²) in [4.78, 5) is 0. The van der Waals surface area contributed by atoms with Crippen LogP contribution in [0.4, 0.5) is 0 Å². The average molecular weight is 264 g/mol. The Bertz CT molecular complexity index is 324. The standard InChI is InChI=1S/C16H28N2O/c1-4-14(12-17-3)13-18-11-10-15-6-8-16(9-7-15)19-5-2/h6-9,14,17-18H,4-5,10-13H2,1-3H3. The van der Waals surface area contributed by atoms with E-state index in [1.54, 1.807) is 0 Å². The molecular formula is C16H28N2O. The van der Waals surface area contributed by atoms with Crippen LogP contribution in [0.15, 0.2) is 24.3 Å². The number of nitrogens with one attached hydrogen (secondary N) is 2. The third-order valence-corrected chi connectivity index (χ3v) is 3.33. The smallest absolute Gasteiger partial charge is 0.119 e. The minimum atomic E-state index is 0.727. The molecule has 0 amide bonds. The molecule has 0 radical (unpaired) electrons. The molecule has 0 aliphatic rings. The van der Waals surface area contributed by atoms with E-state index in [2.05, 4.69) is 41.8 Å². The largest absolute Gasteiger partial charge is 0.494 e. The lowest BCUT2D eigenvalue weighted by Gasteiger charge is -2.15. The molecule has 0 saturated carbocycles. The monoisotopic (exact) mass is 264 g/mol. The molecule has 1 unspecified atom stereocenters. The van der Waals surface area contributed by atoms with Crippen molar-refractivity contribution >= 4 is 0 Å². The van der Waals surface area contributed by atoms with Gasteiger partial charge in [-0.25, -0.2) is 0 Å². The van der Waals surface area contributed by atoms with Crippen LogP contribution in [0.5, 0.6) is 5.75 Å². The van der Waals surface area contributed by atoms with Crippen LogP contribution < -0.4 is 15.4 Å². The van der Waals surface area contributed by atoms with E-state index in [1.807, 2.05) is 14.0 Å². The molecule has 1 atom stereocenters. The van der Waals surface area contributed by atoms with Gasteiger partial charge in [0.05, 0.1) is 6.61 Å². The van der Waals surface area contributed by atoms with Crippen molar-refractivity contribution in [1.82, 2.24) is 10.6 Å². The fourth-order valence-electron chi connectivity index (χ4n) is 2.11. The van der Waals surface area contributed by atoms with E-state index in [0.29, 0.717) is 0 Å². The first-order valence-corrected chi connectivity index (χ1v) is 7.37. The Morgan fingerprint density at radius 3 is 2.42 bits per heavy atom. The van der Waals surface area contributed by atoms with Gasteiger partial charge < -0.3 is 15.4 Å². The molecule has 1 rings (SSSR count). The highest BCUT2D eigenvalue weighted by molar-refractivity contribution is 5.27. The third kappa shape index (κ3) is 6.60. The molecule has 0 saturated heterocycles. The molecule has 3 heteroatoms. The summed E-state index contributed by atoms with van der Waals surface area (Å²) in [7, 11) is 2.02. The Hall–Kier alpha value is -1.06. The van der Waals surface area contributed by atoms with Gasteiger partial charge in [0.25, 0.3) is 0 Å². The zero-order chi connectivity index (χ0) is 13.9. The average Bonchev–Trinajstić information content (AvgIpc) is 2.44. The predicted molar refractivity (Wildman–Crippen MR) is 81.9 cm³/mol. The summed E-state index contributed by atoms with van der Waals surface area (Å²) >= 11 is 0. The van der Waals surface area contributed by atoms with Gasteiger partial charge in [-0.15, -0.1) is 0 Å². The predicted octanol–water partition coefficient (Wildman–Crippen LogP) is 2.46. The van der Waals surface area contributed by atoms with Crippen molar-refractivity contribution in [3.63, 3.8) is 0 Å². The molecule has 108 valence electrons. The molecule has 3 nitrogen and oxygen atoms in total. The van der Waals surface area contributed by atoms with Crippen molar-refractivity contribution in [2.75, 3.05) is 33.3 Å². The summed E-state index contributed by atoms with van der Waals surface area (Å²) in [5, 5.41) is 6.78. The van der Waals surface area contributed by atoms with Crippen LogP contribution in [0.25, 0.3) is 0 Å². The lowest BCUT2D eigenvalue weighted by Crippen LogP contribution is -2.30. The molecule has 0 heterocycles. The Kier molecular flexibility index (Phi) is 8.26. The lowest BCUT2D eigenvalue weighted by atomic mass is 10.1. The fourth-order valence-corrected chi connectivity index (χ4v) is 2.11. The van der Waals surface area contributed by atoms with Gasteiger partial charge in [-0.2, -0.15) is 0 Å². The first-order chi connectivity index (χ1) is 9.30. The minimum absolute atomic E-state index is 0.727. The van der Waals surface area contributed by atoms with Crippen molar-refractivity contribution in [2.24, 2.45) is 5.92 Å². The molecule has 0 aliphatic carbocycles. The van der Waals surface area contributed by atoms with E-state index in [1.165, 1.54) is 12.0 Å². The van der Waals surface area contributed by atoms with E-state index >= 15 is 0 Å². The quantitative estimate of drug-likeness (QED) is 0.637. The number of ether oxygens (including phenoxy) is 1. The zero-order valence-corrected chi connectivity index (χ0v) is 12.5. The van der Waals surface area contributed by atoms with Gasteiger partial charge in [-0.3, -0.25) is 0 Å². The highest BCUT2D eigenvalue weighted by Gasteiger charge is 2.03. The van der Waals surface area contributed by atoms with E-state index in [0.717, 1.165) is 44.3 Å². The van der Waals surface area contributed by atoms with E-state index < -0.39 is 0 Å². The Morgan fingerprint density at radius 1 is 1.11 bits per heavy atom. The Morgan fingerprint density at radius 2 is 1.84 bits per heavy atom. The van der Waals surface area contributed by atoms with Gasteiger partial charge in [0.2, 0.25) is 0 Å². The third-order valence-electron chi connectivity index (χ3n) is 3.33. The second kappa shape index (κ2) is 9.82. The number of rotatable bonds is 10. The Balaban J connectivity index is 2.21. The molecule has 1 aromatic rings. The summed E-state index contributed by atoms with van der Waals surface area (Å²) in [6.07, 6.45) is 2.29. The molecule has 1 aromatic carbocycles. The van der Waals surface area contributed by atoms with Crippen LogP contribution in [-0.4, -0.2) is 33.3 Å². The highest BCUT2D eigenvalue weighted by Crippen LogP contribution is 2.12. The van der Waals surface area contributed by atoms with E-state index in [4.69, 9.17) is 4.74 Å². The maximum absolute atomic E-state index is 5.44. The minimum Gasteiger partial charge on any atom is -0.494 e. The molecule has 0 bridgehead atoms. The first kappa shape index (κ1) is 16.0. The van der Waals surface area contributed by atoms with Crippen LogP contribution in [0.1, 0.15) is 25.8 Å². The van der Waals surface area contributed by atoms with Crippen LogP contribution in [0.3, 0.4) is 0 Å². The van der Waals surface area contributed by atoms with Gasteiger partial charge in [0.15, 0.2) is 0 Å². The number of benzene rings is 1. The molecule has 2 N–H and O–H groups in total. The maximum atomic E-state index is 5.44. The van der Waals surface area contributed by atoms with E-state index in [-0.39, 0.29) is 0 Å². The Labute approximate surface area is 117 Å². The highest BCUT2D eigenvalue weighted by atomic mass is 16.5. The molecule has 0 spiro atoms. The van der Waals surface area contributed by atoms with E-state index in [9.17, 15) is 0 Å². The summed E-state index contributed by atoms with van der Waals surface area (Å²) in [6, 6.07) is 8.40. The summed E-state index contributed by atoms with van der Waals surface area (Å²) in [5.74, 6) is 1.68. The fraction of sp³-hybridized carbons (Fsp3) is 0.625. The van der Waals surface area contributed by atoms with Crippen LogP contribution in [0.2, 0.25) is 0 Å². The SMILES string of the molecule is CCOc1ccc(CCNCC(CC)CNC)cc1. The van der Waals surface area contributed by atoms with Crippen LogP contribution in [-0.2, 0) is 6.42 Å². The van der Waals surface area contributed by atoms with Crippen LogP contribution >= 0.6 is 0 Å². The van der Waals surface area contributed by atoms with Gasteiger partial charge >= 0.3 is 0 Å². The molecule has 19 heavy (non-hydrogen) atoms. The van der Waals surface area contributed by atoms with Gasteiger partial charge in [-0.1, -0.05) is 25.5 Å². The number of hydrogen-bond acceptors (Lipinski definition) is 3. The summed E-state index contributed by atoms with van der Waals surface area (Å²) in [6.45, 7) is 8.20. The lowest BCUT2D eigenvalue weighted by molar-refractivity contribution is 0.340. The molecule has 0 fully saturated rings.